The fourth-order valence-electron chi connectivity index (χ4n) is 1.74. The van der Waals surface area contributed by atoms with Gasteiger partial charge in [0.25, 0.3) is 0 Å². The molecule has 0 atom stereocenters. The number of nitrogens with zero attached hydrogens (tertiary/aromatic N) is 2. The van der Waals surface area contributed by atoms with E-state index in [0.29, 0.717) is 23.3 Å². The molecule has 0 radical (unpaired) electrons. The first-order valence-electron chi connectivity index (χ1n) is 6.10. The van der Waals surface area contributed by atoms with Gasteiger partial charge in [-0.15, -0.1) is 0 Å². The van der Waals surface area contributed by atoms with Crippen LogP contribution in [0, 0.1) is 0 Å². The molecule has 0 bridgehead atoms. The van der Waals surface area contributed by atoms with Crippen molar-refractivity contribution in [2.75, 3.05) is 12.4 Å². The summed E-state index contributed by atoms with van der Waals surface area (Å²) < 4.78 is 5.18. The van der Waals surface area contributed by atoms with Crippen molar-refractivity contribution in [1.29, 1.82) is 0 Å². The molecule has 100 valence electrons. The minimum Gasteiger partial charge on any atom is -0.490 e. The Balaban J connectivity index is 2.07. The number of hydrogen-bond donors (Lipinski definition) is 1. The standard InChI is InChI=1S/C14H16ClN3O/c1-3-10-4-6-11(7-5-10)8-16-14-12(19-2)13(15)17-9-18-14/h4-7,9H,3,8H2,1-2H3,(H,16,17,18). The Morgan fingerprint density at radius 1 is 1.16 bits per heavy atom. The minimum atomic E-state index is 0.307. The highest BCUT2D eigenvalue weighted by Crippen LogP contribution is 2.28. The second kappa shape index (κ2) is 6.38. The quantitative estimate of drug-likeness (QED) is 0.852. The highest BCUT2D eigenvalue weighted by molar-refractivity contribution is 6.31. The normalized spacial score (nSPS) is 10.3. The third-order valence-electron chi connectivity index (χ3n) is 2.86. The first-order valence-corrected chi connectivity index (χ1v) is 6.48. The smallest absolute Gasteiger partial charge is 0.198 e. The summed E-state index contributed by atoms with van der Waals surface area (Å²) in [6.07, 6.45) is 2.45. The highest BCUT2D eigenvalue weighted by atomic mass is 35.5. The number of methoxy groups -OCH3 is 1. The van der Waals surface area contributed by atoms with Crippen molar-refractivity contribution in [1.82, 2.24) is 9.97 Å². The van der Waals surface area contributed by atoms with E-state index < -0.39 is 0 Å². The molecule has 0 amide bonds. The zero-order chi connectivity index (χ0) is 13.7. The SMILES string of the molecule is CCc1ccc(CNc2ncnc(Cl)c2OC)cc1. The van der Waals surface area contributed by atoms with E-state index in [1.807, 2.05) is 0 Å². The van der Waals surface area contributed by atoms with Crippen molar-refractivity contribution >= 4 is 17.4 Å². The van der Waals surface area contributed by atoms with E-state index in [1.165, 1.54) is 17.5 Å². The summed E-state index contributed by atoms with van der Waals surface area (Å²) in [5.74, 6) is 1.07. The maximum Gasteiger partial charge on any atom is 0.198 e. The van der Waals surface area contributed by atoms with Gasteiger partial charge in [-0.3, -0.25) is 0 Å². The van der Waals surface area contributed by atoms with Gasteiger partial charge in [0, 0.05) is 6.54 Å². The number of hydrogen-bond acceptors (Lipinski definition) is 4. The molecule has 1 aromatic carbocycles. The molecule has 5 heteroatoms. The monoisotopic (exact) mass is 277 g/mol. The summed E-state index contributed by atoms with van der Waals surface area (Å²) in [7, 11) is 1.55. The Hall–Kier alpha value is -1.81. The molecule has 0 fully saturated rings. The molecule has 2 rings (SSSR count). The lowest BCUT2D eigenvalue weighted by Gasteiger charge is -2.10. The number of aromatic nitrogens is 2. The van der Waals surface area contributed by atoms with Gasteiger partial charge >= 0.3 is 0 Å². The highest BCUT2D eigenvalue weighted by Gasteiger charge is 2.09. The van der Waals surface area contributed by atoms with Crippen LogP contribution < -0.4 is 10.1 Å². The van der Waals surface area contributed by atoms with Crippen molar-refractivity contribution in [2.45, 2.75) is 19.9 Å². The number of aryl methyl sites for hydroxylation is 1. The van der Waals surface area contributed by atoms with E-state index in [4.69, 9.17) is 16.3 Å². The van der Waals surface area contributed by atoms with Crippen molar-refractivity contribution in [2.24, 2.45) is 0 Å². The van der Waals surface area contributed by atoms with Crippen molar-refractivity contribution in [3.05, 3.63) is 46.9 Å². The van der Waals surface area contributed by atoms with Gasteiger partial charge in [-0.1, -0.05) is 42.8 Å². The molecule has 0 spiro atoms. The number of nitrogens with one attached hydrogen (secondary N) is 1. The summed E-state index contributed by atoms with van der Waals surface area (Å²) in [5, 5.41) is 3.51. The van der Waals surface area contributed by atoms with Crippen molar-refractivity contribution in [3.63, 3.8) is 0 Å². The predicted octanol–water partition coefficient (Wildman–Crippen LogP) is 3.31. The molecule has 2 aromatic rings. The van der Waals surface area contributed by atoms with Gasteiger partial charge in [0.05, 0.1) is 7.11 Å². The molecule has 4 nitrogen and oxygen atoms in total. The fraction of sp³-hybridized carbons (Fsp3) is 0.286. The van der Waals surface area contributed by atoms with Crippen LogP contribution in [-0.2, 0) is 13.0 Å². The Morgan fingerprint density at radius 2 is 1.84 bits per heavy atom. The Kier molecular flexibility index (Phi) is 4.58. The molecule has 1 N–H and O–H groups in total. The van der Waals surface area contributed by atoms with Crippen LogP contribution >= 0.6 is 11.6 Å². The van der Waals surface area contributed by atoms with E-state index in [0.717, 1.165) is 6.42 Å². The molecule has 0 unspecified atom stereocenters. The summed E-state index contributed by atoms with van der Waals surface area (Å²) in [5.41, 5.74) is 2.50. The summed E-state index contributed by atoms with van der Waals surface area (Å²) >= 11 is 5.93. The van der Waals surface area contributed by atoms with Gasteiger partial charge < -0.3 is 10.1 Å². The average Bonchev–Trinajstić information content (AvgIpc) is 2.45. The summed E-state index contributed by atoms with van der Waals surface area (Å²) in [6, 6.07) is 8.45. The molecule has 0 saturated carbocycles. The number of halogens is 1. The Bertz CT molecular complexity index is 543. The van der Waals surface area contributed by atoms with E-state index in [2.05, 4.69) is 46.5 Å². The van der Waals surface area contributed by atoms with Crippen LogP contribution in [0.5, 0.6) is 5.75 Å². The van der Waals surface area contributed by atoms with Crippen molar-refractivity contribution < 1.29 is 4.74 Å². The van der Waals surface area contributed by atoms with Crippen LogP contribution in [0.25, 0.3) is 0 Å². The van der Waals surface area contributed by atoms with Gasteiger partial charge in [0.2, 0.25) is 0 Å². The van der Waals surface area contributed by atoms with Gasteiger partial charge in [-0.05, 0) is 17.5 Å². The van der Waals surface area contributed by atoms with Crippen LogP contribution in [0.4, 0.5) is 5.82 Å². The van der Waals surface area contributed by atoms with Gasteiger partial charge in [0.15, 0.2) is 16.7 Å². The molecule has 1 heterocycles. The van der Waals surface area contributed by atoms with Crippen LogP contribution in [0.2, 0.25) is 5.15 Å². The van der Waals surface area contributed by atoms with Gasteiger partial charge in [0.1, 0.15) is 6.33 Å². The molecular formula is C14H16ClN3O. The number of benzene rings is 1. The molecule has 0 aliphatic rings. The Morgan fingerprint density at radius 3 is 2.47 bits per heavy atom. The molecule has 19 heavy (non-hydrogen) atoms. The van der Waals surface area contributed by atoms with E-state index in [-0.39, 0.29) is 0 Å². The number of rotatable bonds is 5. The van der Waals surface area contributed by atoms with E-state index in [1.54, 1.807) is 7.11 Å². The zero-order valence-corrected chi connectivity index (χ0v) is 11.7. The molecule has 0 saturated heterocycles. The van der Waals surface area contributed by atoms with Gasteiger partial charge in [-0.2, -0.15) is 0 Å². The largest absolute Gasteiger partial charge is 0.490 e. The zero-order valence-electron chi connectivity index (χ0n) is 11.0. The summed E-state index contributed by atoms with van der Waals surface area (Å²) in [6.45, 7) is 2.80. The molecule has 0 aliphatic heterocycles. The lowest BCUT2D eigenvalue weighted by molar-refractivity contribution is 0.413. The van der Waals surface area contributed by atoms with Crippen LogP contribution in [0.3, 0.4) is 0 Å². The first kappa shape index (κ1) is 13.6. The molecule has 1 aromatic heterocycles. The number of anilines is 1. The minimum absolute atomic E-state index is 0.307. The third-order valence-corrected chi connectivity index (χ3v) is 3.12. The second-order valence-corrected chi connectivity index (χ2v) is 4.43. The van der Waals surface area contributed by atoms with Crippen LogP contribution in [0.1, 0.15) is 18.1 Å². The van der Waals surface area contributed by atoms with Gasteiger partial charge in [-0.25, -0.2) is 9.97 Å². The van der Waals surface area contributed by atoms with Crippen molar-refractivity contribution in [3.8, 4) is 5.75 Å². The first-order chi connectivity index (χ1) is 9.24. The topological polar surface area (TPSA) is 47.0 Å². The summed E-state index contributed by atoms with van der Waals surface area (Å²) in [4.78, 5) is 8.01. The predicted molar refractivity (Wildman–Crippen MR) is 76.7 cm³/mol. The second-order valence-electron chi connectivity index (χ2n) is 4.07. The van der Waals surface area contributed by atoms with E-state index in [9.17, 15) is 0 Å². The Labute approximate surface area is 117 Å². The lowest BCUT2D eigenvalue weighted by atomic mass is 10.1. The third kappa shape index (κ3) is 3.35. The fourth-order valence-corrected chi connectivity index (χ4v) is 1.95. The average molecular weight is 278 g/mol. The molecule has 0 aliphatic carbocycles. The maximum atomic E-state index is 5.93. The maximum absolute atomic E-state index is 5.93. The lowest BCUT2D eigenvalue weighted by Crippen LogP contribution is -2.04. The van der Waals surface area contributed by atoms with Crippen LogP contribution in [-0.4, -0.2) is 17.1 Å². The number of ether oxygens (including phenoxy) is 1. The van der Waals surface area contributed by atoms with E-state index >= 15 is 0 Å². The van der Waals surface area contributed by atoms with Crippen LogP contribution in [0.15, 0.2) is 30.6 Å². The molecular weight excluding hydrogens is 262 g/mol.